The molecule has 1 aromatic carbocycles. The SMILES string of the molecule is COc1cc(CNC(=O)C2CCC(C(=O)O)CC2)cc(OC)c1OC. The van der Waals surface area contributed by atoms with Crippen molar-refractivity contribution in [3.8, 4) is 17.2 Å². The highest BCUT2D eigenvalue weighted by Crippen LogP contribution is 2.38. The molecule has 7 nitrogen and oxygen atoms in total. The Balaban J connectivity index is 1.97. The third kappa shape index (κ3) is 4.55. The molecule has 2 N–H and O–H groups in total. The molecule has 1 aliphatic rings. The summed E-state index contributed by atoms with van der Waals surface area (Å²) in [5.41, 5.74) is 0.835. The Hall–Kier alpha value is -2.44. The summed E-state index contributed by atoms with van der Waals surface area (Å²) >= 11 is 0. The van der Waals surface area contributed by atoms with Crippen molar-refractivity contribution in [2.24, 2.45) is 11.8 Å². The van der Waals surface area contributed by atoms with Crippen molar-refractivity contribution in [3.05, 3.63) is 17.7 Å². The van der Waals surface area contributed by atoms with Gasteiger partial charge in [-0.1, -0.05) is 0 Å². The number of ether oxygens (including phenoxy) is 3. The first-order valence-corrected chi connectivity index (χ1v) is 8.29. The van der Waals surface area contributed by atoms with Gasteiger partial charge in [0.2, 0.25) is 11.7 Å². The number of amides is 1. The van der Waals surface area contributed by atoms with Crippen molar-refractivity contribution in [1.82, 2.24) is 5.32 Å². The first-order chi connectivity index (χ1) is 12.0. The molecule has 0 radical (unpaired) electrons. The molecule has 0 spiro atoms. The fourth-order valence-electron chi connectivity index (χ4n) is 3.17. The summed E-state index contributed by atoms with van der Waals surface area (Å²) in [7, 11) is 4.62. The van der Waals surface area contributed by atoms with Crippen molar-refractivity contribution in [3.63, 3.8) is 0 Å². The van der Waals surface area contributed by atoms with Crippen LogP contribution in [0.15, 0.2) is 12.1 Å². The van der Waals surface area contributed by atoms with Gasteiger partial charge in [0, 0.05) is 12.5 Å². The van der Waals surface area contributed by atoms with Crippen LogP contribution in [0, 0.1) is 11.8 Å². The summed E-state index contributed by atoms with van der Waals surface area (Å²) in [4.78, 5) is 23.3. The van der Waals surface area contributed by atoms with Crippen LogP contribution in [0.2, 0.25) is 0 Å². The highest BCUT2D eigenvalue weighted by atomic mass is 16.5. The lowest BCUT2D eigenvalue weighted by Crippen LogP contribution is -2.34. The minimum atomic E-state index is -0.767. The number of nitrogens with one attached hydrogen (secondary N) is 1. The highest BCUT2D eigenvalue weighted by Gasteiger charge is 2.29. The smallest absolute Gasteiger partial charge is 0.306 e. The largest absolute Gasteiger partial charge is 0.493 e. The number of hydrogen-bond acceptors (Lipinski definition) is 5. The fourth-order valence-corrected chi connectivity index (χ4v) is 3.17. The van der Waals surface area contributed by atoms with Gasteiger partial charge in [0.05, 0.1) is 27.2 Å². The van der Waals surface area contributed by atoms with E-state index >= 15 is 0 Å². The first-order valence-electron chi connectivity index (χ1n) is 8.29. The molecule has 1 fully saturated rings. The number of methoxy groups -OCH3 is 3. The lowest BCUT2D eigenvalue weighted by Gasteiger charge is -2.25. The summed E-state index contributed by atoms with van der Waals surface area (Å²) in [6, 6.07) is 3.59. The van der Waals surface area contributed by atoms with Crippen LogP contribution < -0.4 is 19.5 Å². The lowest BCUT2D eigenvalue weighted by atomic mass is 9.81. The monoisotopic (exact) mass is 351 g/mol. The Kier molecular flexibility index (Phi) is 6.50. The topological polar surface area (TPSA) is 94.1 Å². The second-order valence-electron chi connectivity index (χ2n) is 6.14. The molecule has 7 heteroatoms. The summed E-state index contributed by atoms with van der Waals surface area (Å²) in [5, 5.41) is 11.9. The minimum Gasteiger partial charge on any atom is -0.493 e. The van der Waals surface area contributed by atoms with Gasteiger partial charge >= 0.3 is 5.97 Å². The molecular formula is C18H25NO6. The molecule has 2 rings (SSSR count). The van der Waals surface area contributed by atoms with E-state index < -0.39 is 5.97 Å². The quantitative estimate of drug-likeness (QED) is 0.782. The van der Waals surface area contributed by atoms with E-state index in [1.165, 1.54) is 7.11 Å². The molecule has 0 saturated heterocycles. The van der Waals surface area contributed by atoms with Gasteiger partial charge in [-0.15, -0.1) is 0 Å². The number of aliphatic carboxylic acids is 1. The molecule has 0 aromatic heterocycles. The van der Waals surface area contributed by atoms with Crippen LogP contribution in [-0.4, -0.2) is 38.3 Å². The van der Waals surface area contributed by atoms with Crippen molar-refractivity contribution in [1.29, 1.82) is 0 Å². The van der Waals surface area contributed by atoms with E-state index in [-0.39, 0.29) is 17.7 Å². The second-order valence-corrected chi connectivity index (χ2v) is 6.14. The van der Waals surface area contributed by atoms with Crippen LogP contribution in [0.5, 0.6) is 17.2 Å². The standard InChI is InChI=1S/C18H25NO6/c1-23-14-8-11(9-15(24-2)16(14)25-3)10-19-17(20)12-4-6-13(7-5-12)18(21)22/h8-9,12-13H,4-7,10H2,1-3H3,(H,19,20)(H,21,22). The van der Waals surface area contributed by atoms with Gasteiger partial charge < -0.3 is 24.6 Å². The molecule has 1 aromatic rings. The van der Waals surface area contributed by atoms with Crippen LogP contribution in [0.4, 0.5) is 0 Å². The highest BCUT2D eigenvalue weighted by molar-refractivity contribution is 5.79. The minimum absolute atomic E-state index is 0.0439. The first kappa shape index (κ1) is 18.9. The van der Waals surface area contributed by atoms with E-state index in [9.17, 15) is 9.59 Å². The summed E-state index contributed by atoms with van der Waals surface area (Å²) in [6.07, 6.45) is 2.32. The van der Waals surface area contributed by atoms with Gasteiger partial charge in [-0.05, 0) is 43.4 Å². The van der Waals surface area contributed by atoms with E-state index in [2.05, 4.69) is 5.32 Å². The number of carbonyl (C=O) groups excluding carboxylic acids is 1. The zero-order chi connectivity index (χ0) is 18.4. The Morgan fingerprint density at radius 1 is 1.00 bits per heavy atom. The third-order valence-corrected chi connectivity index (χ3v) is 4.64. The molecule has 0 bridgehead atoms. The van der Waals surface area contributed by atoms with Crippen LogP contribution in [0.25, 0.3) is 0 Å². The van der Waals surface area contributed by atoms with Crippen LogP contribution >= 0.6 is 0 Å². The van der Waals surface area contributed by atoms with Crippen molar-refractivity contribution < 1.29 is 28.9 Å². The number of carbonyl (C=O) groups is 2. The third-order valence-electron chi connectivity index (χ3n) is 4.64. The Bertz CT molecular complexity index is 597. The van der Waals surface area contributed by atoms with E-state index in [4.69, 9.17) is 19.3 Å². The molecule has 138 valence electrons. The van der Waals surface area contributed by atoms with Gasteiger partial charge in [0.1, 0.15) is 0 Å². The van der Waals surface area contributed by atoms with Gasteiger partial charge in [0.15, 0.2) is 11.5 Å². The molecule has 1 aliphatic carbocycles. The predicted molar refractivity (Wildman–Crippen MR) is 91.0 cm³/mol. The average Bonchev–Trinajstić information content (AvgIpc) is 2.64. The van der Waals surface area contributed by atoms with Crippen molar-refractivity contribution in [2.75, 3.05) is 21.3 Å². The Morgan fingerprint density at radius 3 is 1.96 bits per heavy atom. The maximum atomic E-state index is 12.3. The van der Waals surface area contributed by atoms with Gasteiger partial charge in [-0.25, -0.2) is 0 Å². The Labute approximate surface area is 147 Å². The maximum absolute atomic E-state index is 12.3. The molecular weight excluding hydrogens is 326 g/mol. The Morgan fingerprint density at radius 2 is 1.52 bits per heavy atom. The molecule has 1 amide bonds. The number of carboxylic acid groups (broad SMARTS) is 1. The van der Waals surface area contributed by atoms with Crippen molar-refractivity contribution in [2.45, 2.75) is 32.2 Å². The van der Waals surface area contributed by atoms with Gasteiger partial charge in [0.25, 0.3) is 0 Å². The molecule has 25 heavy (non-hydrogen) atoms. The summed E-state index contributed by atoms with van der Waals surface area (Å²) < 4.78 is 15.9. The second kappa shape index (κ2) is 8.60. The molecule has 0 unspecified atom stereocenters. The summed E-state index contributed by atoms with van der Waals surface area (Å²) in [6.45, 7) is 0.342. The van der Waals surface area contributed by atoms with Crippen LogP contribution in [-0.2, 0) is 16.1 Å². The summed E-state index contributed by atoms with van der Waals surface area (Å²) in [5.74, 6) is 0.318. The van der Waals surface area contributed by atoms with Crippen molar-refractivity contribution >= 4 is 11.9 Å². The van der Waals surface area contributed by atoms with E-state index in [0.717, 1.165) is 5.56 Å². The fraction of sp³-hybridized carbons (Fsp3) is 0.556. The average molecular weight is 351 g/mol. The van der Waals surface area contributed by atoms with Gasteiger partial charge in [-0.2, -0.15) is 0 Å². The number of rotatable bonds is 7. The normalized spacial score (nSPS) is 19.8. The number of carboxylic acids is 1. The zero-order valence-corrected chi connectivity index (χ0v) is 14.8. The molecule has 0 aliphatic heterocycles. The van der Waals surface area contributed by atoms with E-state index in [1.807, 2.05) is 0 Å². The number of hydrogen-bond donors (Lipinski definition) is 2. The maximum Gasteiger partial charge on any atom is 0.306 e. The zero-order valence-electron chi connectivity index (χ0n) is 14.8. The van der Waals surface area contributed by atoms with E-state index in [1.54, 1.807) is 26.4 Å². The molecule has 1 saturated carbocycles. The molecule has 0 heterocycles. The lowest BCUT2D eigenvalue weighted by molar-refractivity contribution is -0.144. The van der Waals surface area contributed by atoms with Gasteiger partial charge in [-0.3, -0.25) is 9.59 Å². The van der Waals surface area contributed by atoms with E-state index in [0.29, 0.717) is 49.5 Å². The predicted octanol–water partition coefficient (Wildman–Crippen LogP) is 2.22. The van der Waals surface area contributed by atoms with Crippen LogP contribution in [0.1, 0.15) is 31.2 Å². The van der Waals surface area contributed by atoms with Crippen LogP contribution in [0.3, 0.4) is 0 Å². The number of benzene rings is 1. The molecule has 0 atom stereocenters.